The molecule has 0 aliphatic heterocycles. The van der Waals surface area contributed by atoms with Gasteiger partial charge in [0.1, 0.15) is 12.2 Å². The number of hydrogen-bond donors (Lipinski definition) is 1. The van der Waals surface area contributed by atoms with Crippen LogP contribution in [0.2, 0.25) is 0 Å². The Morgan fingerprint density at radius 1 is 1.75 bits per heavy atom. The molecule has 5 heteroatoms. The molecule has 0 aliphatic rings. The minimum atomic E-state index is 0.192. The second-order valence-corrected chi connectivity index (χ2v) is 2.67. The van der Waals surface area contributed by atoms with Crippen LogP contribution in [0, 0.1) is 0 Å². The molecule has 1 aromatic heterocycles. The third kappa shape index (κ3) is 1.80. The van der Waals surface area contributed by atoms with Crippen LogP contribution in [0.4, 0.5) is 0 Å². The van der Waals surface area contributed by atoms with Crippen LogP contribution in [0.5, 0.6) is 0 Å². The predicted molar refractivity (Wildman–Crippen MR) is 44.3 cm³/mol. The van der Waals surface area contributed by atoms with E-state index in [9.17, 15) is 0 Å². The molecule has 1 unspecified atom stereocenters. The molecule has 2 N–H and O–H groups in total. The Balaban J connectivity index is 2.71. The van der Waals surface area contributed by atoms with E-state index in [0.717, 1.165) is 12.4 Å². The summed E-state index contributed by atoms with van der Waals surface area (Å²) in [6.07, 6.45) is 1.55. The molecule has 0 aromatic carbocycles. The average molecular weight is 170 g/mol. The summed E-state index contributed by atoms with van der Waals surface area (Å²) < 4.78 is 1.84. The minimum absolute atomic E-state index is 0.192. The fourth-order valence-electron chi connectivity index (χ4n) is 1.12. The van der Waals surface area contributed by atoms with Crippen LogP contribution >= 0.6 is 0 Å². The van der Waals surface area contributed by atoms with Gasteiger partial charge in [0.2, 0.25) is 0 Å². The van der Waals surface area contributed by atoms with Gasteiger partial charge in [-0.15, -0.1) is 0 Å². The highest BCUT2D eigenvalue weighted by Gasteiger charge is 2.11. The first-order valence-corrected chi connectivity index (χ1v) is 3.99. The van der Waals surface area contributed by atoms with Crippen molar-refractivity contribution in [2.45, 2.75) is 26.3 Å². The maximum absolute atomic E-state index is 4.97. The molecule has 0 spiro atoms. The molecule has 0 radical (unpaired) electrons. The van der Waals surface area contributed by atoms with E-state index in [2.05, 4.69) is 14.9 Å². The molecule has 1 atom stereocenters. The van der Waals surface area contributed by atoms with Gasteiger partial charge in [-0.2, -0.15) is 5.10 Å². The van der Waals surface area contributed by atoms with Crippen molar-refractivity contribution in [1.29, 1.82) is 0 Å². The fraction of sp³-hybridized carbons (Fsp3) is 0.714. The van der Waals surface area contributed by atoms with Gasteiger partial charge in [-0.3, -0.25) is 4.68 Å². The summed E-state index contributed by atoms with van der Waals surface area (Å²) in [5, 5.41) is 4.05. The van der Waals surface area contributed by atoms with Gasteiger partial charge in [-0.1, -0.05) is 6.92 Å². The van der Waals surface area contributed by atoms with Crippen LogP contribution in [0.25, 0.3) is 0 Å². The van der Waals surface area contributed by atoms with Gasteiger partial charge in [0.05, 0.1) is 6.61 Å². The largest absolute Gasteiger partial charge is 0.304 e. The van der Waals surface area contributed by atoms with Gasteiger partial charge >= 0.3 is 0 Å². The Bertz CT molecular complexity index is 235. The molecule has 0 amide bonds. The first kappa shape index (κ1) is 9.15. The maximum atomic E-state index is 4.97. The normalized spacial score (nSPS) is 13.2. The van der Waals surface area contributed by atoms with E-state index < -0.39 is 0 Å². The minimum Gasteiger partial charge on any atom is -0.304 e. The molecule has 0 bridgehead atoms. The van der Waals surface area contributed by atoms with Crippen molar-refractivity contribution in [2.75, 3.05) is 6.61 Å². The van der Waals surface area contributed by atoms with Gasteiger partial charge in [0, 0.05) is 12.5 Å². The van der Waals surface area contributed by atoms with Gasteiger partial charge < -0.3 is 4.84 Å². The van der Waals surface area contributed by atoms with E-state index >= 15 is 0 Å². The zero-order chi connectivity index (χ0) is 8.97. The van der Waals surface area contributed by atoms with Crippen LogP contribution in [-0.2, 0) is 11.4 Å². The molecule has 0 saturated heterocycles. The Morgan fingerprint density at radius 2 is 2.50 bits per heavy atom. The quantitative estimate of drug-likeness (QED) is 0.660. The maximum Gasteiger partial charge on any atom is 0.138 e. The van der Waals surface area contributed by atoms with E-state index in [4.69, 9.17) is 5.90 Å². The van der Waals surface area contributed by atoms with Crippen LogP contribution in [0.3, 0.4) is 0 Å². The molecule has 12 heavy (non-hydrogen) atoms. The number of nitrogens with two attached hydrogens (primary N) is 1. The summed E-state index contributed by atoms with van der Waals surface area (Å²) >= 11 is 0. The van der Waals surface area contributed by atoms with E-state index in [1.165, 1.54) is 0 Å². The van der Waals surface area contributed by atoms with Crippen LogP contribution in [-0.4, -0.2) is 21.4 Å². The molecule has 0 aliphatic carbocycles. The number of hydrogen-bond acceptors (Lipinski definition) is 4. The topological polar surface area (TPSA) is 66.0 Å². The van der Waals surface area contributed by atoms with Crippen molar-refractivity contribution in [1.82, 2.24) is 14.8 Å². The molecule has 68 valence electrons. The summed E-state index contributed by atoms with van der Waals surface area (Å²) in [5.41, 5.74) is 0. The fourth-order valence-corrected chi connectivity index (χ4v) is 1.12. The monoisotopic (exact) mass is 170 g/mol. The Morgan fingerprint density at radius 3 is 3.08 bits per heavy atom. The van der Waals surface area contributed by atoms with Gasteiger partial charge in [-0.05, 0) is 6.92 Å². The molecule has 0 saturated carbocycles. The third-order valence-electron chi connectivity index (χ3n) is 1.73. The Hall–Kier alpha value is -0.940. The predicted octanol–water partition coefficient (Wildman–Crippen LogP) is 0.292. The molecular weight excluding hydrogens is 156 g/mol. The lowest BCUT2D eigenvalue weighted by molar-refractivity contribution is 0.123. The molecular formula is C7H14N4O. The summed E-state index contributed by atoms with van der Waals surface area (Å²) in [6.45, 7) is 5.32. The summed E-state index contributed by atoms with van der Waals surface area (Å²) in [6, 6.07) is 0. The first-order valence-electron chi connectivity index (χ1n) is 3.99. The van der Waals surface area contributed by atoms with Crippen LogP contribution < -0.4 is 5.90 Å². The highest BCUT2D eigenvalue weighted by molar-refractivity contribution is 4.93. The van der Waals surface area contributed by atoms with Crippen LogP contribution in [0.1, 0.15) is 25.6 Å². The summed E-state index contributed by atoms with van der Waals surface area (Å²) in [4.78, 5) is 8.67. The zero-order valence-corrected chi connectivity index (χ0v) is 7.40. The van der Waals surface area contributed by atoms with Crippen molar-refractivity contribution in [3.05, 3.63) is 12.2 Å². The molecule has 1 heterocycles. The van der Waals surface area contributed by atoms with E-state index in [-0.39, 0.29) is 5.92 Å². The zero-order valence-electron chi connectivity index (χ0n) is 7.40. The number of rotatable bonds is 4. The Labute approximate surface area is 71.5 Å². The van der Waals surface area contributed by atoms with Crippen molar-refractivity contribution in [3.63, 3.8) is 0 Å². The molecule has 0 fully saturated rings. The van der Waals surface area contributed by atoms with Gasteiger partial charge in [0.25, 0.3) is 0 Å². The van der Waals surface area contributed by atoms with Crippen molar-refractivity contribution >= 4 is 0 Å². The summed E-state index contributed by atoms with van der Waals surface area (Å²) in [7, 11) is 0. The summed E-state index contributed by atoms with van der Waals surface area (Å²) in [5.74, 6) is 6.08. The second kappa shape index (κ2) is 4.18. The highest BCUT2D eigenvalue weighted by Crippen LogP contribution is 2.10. The molecule has 1 aromatic rings. The average Bonchev–Trinajstić information content (AvgIpc) is 2.51. The lowest BCUT2D eigenvalue weighted by atomic mass is 10.2. The van der Waals surface area contributed by atoms with Crippen molar-refractivity contribution in [3.8, 4) is 0 Å². The van der Waals surface area contributed by atoms with Crippen molar-refractivity contribution in [2.24, 2.45) is 5.90 Å². The van der Waals surface area contributed by atoms with Crippen molar-refractivity contribution < 1.29 is 4.84 Å². The standard InChI is InChI=1S/C7H14N4O/c1-3-11-7(9-5-10-11)6(2)4-12-8/h5-6H,3-4,8H2,1-2H3. The first-order chi connectivity index (χ1) is 5.79. The van der Waals surface area contributed by atoms with Gasteiger partial charge in [0.15, 0.2) is 0 Å². The number of nitrogens with zero attached hydrogens (tertiary/aromatic N) is 3. The Kier molecular flexibility index (Phi) is 3.19. The van der Waals surface area contributed by atoms with Crippen LogP contribution in [0.15, 0.2) is 6.33 Å². The third-order valence-corrected chi connectivity index (χ3v) is 1.73. The highest BCUT2D eigenvalue weighted by atomic mass is 16.6. The van der Waals surface area contributed by atoms with E-state index in [1.54, 1.807) is 6.33 Å². The van der Waals surface area contributed by atoms with Gasteiger partial charge in [-0.25, -0.2) is 10.9 Å². The number of aryl methyl sites for hydroxylation is 1. The molecule has 5 nitrogen and oxygen atoms in total. The smallest absolute Gasteiger partial charge is 0.138 e. The second-order valence-electron chi connectivity index (χ2n) is 2.67. The lowest BCUT2D eigenvalue weighted by Crippen LogP contribution is -2.14. The molecule has 1 rings (SSSR count). The number of aromatic nitrogens is 3. The lowest BCUT2D eigenvalue weighted by Gasteiger charge is -2.09. The SMILES string of the molecule is CCn1ncnc1C(C)CON. The van der Waals surface area contributed by atoms with E-state index in [1.807, 2.05) is 18.5 Å². The van der Waals surface area contributed by atoms with E-state index in [0.29, 0.717) is 6.61 Å².